The van der Waals surface area contributed by atoms with Crippen molar-refractivity contribution in [3.63, 3.8) is 0 Å². The third-order valence-electron chi connectivity index (χ3n) is 3.47. The highest BCUT2D eigenvalue weighted by Crippen LogP contribution is 2.25. The lowest BCUT2D eigenvalue weighted by atomic mass is 9.91. The molecule has 2 N–H and O–H groups in total. The highest BCUT2D eigenvalue weighted by atomic mass is 16.5. The molecule has 1 saturated carbocycles. The second-order valence-corrected chi connectivity index (χ2v) is 4.49. The minimum atomic E-state index is 0.266. The predicted octanol–water partition coefficient (Wildman–Crippen LogP) is 0.444. The summed E-state index contributed by atoms with van der Waals surface area (Å²) in [6.45, 7) is 2.73. The van der Waals surface area contributed by atoms with Gasteiger partial charge in [-0.3, -0.25) is 0 Å². The Bertz CT molecular complexity index is 170. The molecule has 13 heavy (non-hydrogen) atoms. The molecule has 1 aliphatic heterocycles. The molecule has 2 aliphatic rings. The van der Waals surface area contributed by atoms with Crippen LogP contribution in [0.25, 0.3) is 0 Å². The van der Waals surface area contributed by atoms with Gasteiger partial charge in [0.1, 0.15) is 0 Å². The largest absolute Gasteiger partial charge is 0.379 e. The molecule has 2 rings (SSSR count). The van der Waals surface area contributed by atoms with E-state index in [0.29, 0.717) is 5.92 Å². The lowest BCUT2D eigenvalue weighted by Gasteiger charge is -2.36. The topological polar surface area (TPSA) is 38.5 Å². The smallest absolute Gasteiger partial charge is 0.0621 e. The fourth-order valence-corrected chi connectivity index (χ4v) is 2.15. The third kappa shape index (κ3) is 2.03. The fourth-order valence-electron chi connectivity index (χ4n) is 2.15. The molecule has 3 nitrogen and oxygen atoms in total. The van der Waals surface area contributed by atoms with Gasteiger partial charge < -0.3 is 15.4 Å². The first-order valence-electron chi connectivity index (χ1n) is 5.31. The van der Waals surface area contributed by atoms with Crippen LogP contribution in [0.15, 0.2) is 0 Å². The third-order valence-corrected chi connectivity index (χ3v) is 3.47. The molecule has 2 unspecified atom stereocenters. The van der Waals surface area contributed by atoms with Crippen LogP contribution in [0, 0.1) is 5.92 Å². The lowest BCUT2D eigenvalue weighted by molar-refractivity contribution is 0.124. The Hall–Kier alpha value is -0.120. The molecule has 0 amide bonds. The van der Waals surface area contributed by atoms with Crippen LogP contribution in [0.1, 0.15) is 19.3 Å². The van der Waals surface area contributed by atoms with Gasteiger partial charge in [-0.1, -0.05) is 6.42 Å². The molecule has 1 heterocycles. The minimum absolute atomic E-state index is 0.266. The van der Waals surface area contributed by atoms with Crippen LogP contribution in [0.2, 0.25) is 0 Å². The lowest BCUT2D eigenvalue weighted by Crippen LogP contribution is -2.43. The van der Waals surface area contributed by atoms with Crippen molar-refractivity contribution in [3.05, 3.63) is 0 Å². The number of nitrogens with two attached hydrogens (primary N) is 1. The Kier molecular flexibility index (Phi) is 2.86. The predicted molar refractivity (Wildman–Crippen MR) is 52.6 cm³/mol. The summed E-state index contributed by atoms with van der Waals surface area (Å²) in [5, 5.41) is 0. The zero-order valence-corrected chi connectivity index (χ0v) is 8.41. The van der Waals surface area contributed by atoms with Crippen LogP contribution in [-0.4, -0.2) is 43.8 Å². The number of nitrogens with zero attached hydrogens (tertiary/aromatic N) is 1. The number of hydrogen-bond acceptors (Lipinski definition) is 3. The summed E-state index contributed by atoms with van der Waals surface area (Å²) in [4.78, 5) is 2.46. The van der Waals surface area contributed by atoms with Gasteiger partial charge in [0.25, 0.3) is 0 Å². The van der Waals surface area contributed by atoms with Crippen molar-refractivity contribution in [2.45, 2.75) is 31.3 Å². The normalized spacial score (nSPS) is 35.3. The van der Waals surface area contributed by atoms with E-state index >= 15 is 0 Å². The molecule has 0 aromatic rings. The van der Waals surface area contributed by atoms with Gasteiger partial charge in [-0.25, -0.2) is 0 Å². The summed E-state index contributed by atoms with van der Waals surface area (Å²) in [6, 6.07) is 1.09. The van der Waals surface area contributed by atoms with Crippen molar-refractivity contribution in [2.75, 3.05) is 26.8 Å². The molecule has 2 atom stereocenters. The zero-order valence-electron chi connectivity index (χ0n) is 8.41. The summed E-state index contributed by atoms with van der Waals surface area (Å²) in [5.74, 6) is 0.561. The van der Waals surface area contributed by atoms with E-state index in [9.17, 15) is 0 Å². The average molecular weight is 184 g/mol. The van der Waals surface area contributed by atoms with Crippen molar-refractivity contribution in [3.8, 4) is 0 Å². The fraction of sp³-hybridized carbons (Fsp3) is 1.00. The SMILES string of the molecule is CN(CC1COCC1N)C1CCC1. The van der Waals surface area contributed by atoms with Crippen LogP contribution in [-0.2, 0) is 4.74 Å². The van der Waals surface area contributed by atoms with Crippen LogP contribution in [0.3, 0.4) is 0 Å². The van der Waals surface area contributed by atoms with E-state index in [1.54, 1.807) is 0 Å². The van der Waals surface area contributed by atoms with Gasteiger partial charge in [0, 0.05) is 24.5 Å². The van der Waals surface area contributed by atoms with E-state index in [0.717, 1.165) is 25.8 Å². The van der Waals surface area contributed by atoms with Crippen LogP contribution < -0.4 is 5.73 Å². The monoisotopic (exact) mass is 184 g/mol. The Labute approximate surface area is 80.2 Å². The molecule has 0 spiro atoms. The van der Waals surface area contributed by atoms with Gasteiger partial charge in [-0.05, 0) is 19.9 Å². The Balaban J connectivity index is 1.75. The molecular weight excluding hydrogens is 164 g/mol. The number of ether oxygens (including phenoxy) is 1. The summed E-state index contributed by atoms with van der Waals surface area (Å²) in [6.07, 6.45) is 4.15. The Morgan fingerprint density at radius 1 is 1.38 bits per heavy atom. The Morgan fingerprint density at radius 3 is 2.62 bits per heavy atom. The van der Waals surface area contributed by atoms with Crippen molar-refractivity contribution in [2.24, 2.45) is 11.7 Å². The second-order valence-electron chi connectivity index (χ2n) is 4.49. The van der Waals surface area contributed by atoms with Gasteiger partial charge in [0.05, 0.1) is 13.2 Å². The standard InChI is InChI=1S/C10H20N2O/c1-12(9-3-2-4-9)5-8-6-13-7-10(8)11/h8-10H,2-7,11H2,1H3. The van der Waals surface area contributed by atoms with Gasteiger partial charge in [0.15, 0.2) is 0 Å². The van der Waals surface area contributed by atoms with Crippen molar-refractivity contribution >= 4 is 0 Å². The second kappa shape index (κ2) is 3.95. The van der Waals surface area contributed by atoms with E-state index in [-0.39, 0.29) is 6.04 Å². The van der Waals surface area contributed by atoms with Crippen LogP contribution in [0.5, 0.6) is 0 Å². The van der Waals surface area contributed by atoms with Gasteiger partial charge in [-0.15, -0.1) is 0 Å². The Morgan fingerprint density at radius 2 is 2.15 bits per heavy atom. The maximum atomic E-state index is 5.94. The summed E-state index contributed by atoms with van der Waals surface area (Å²) in [7, 11) is 2.22. The van der Waals surface area contributed by atoms with Gasteiger partial charge in [0.2, 0.25) is 0 Å². The average Bonchev–Trinajstić information content (AvgIpc) is 2.32. The quantitative estimate of drug-likeness (QED) is 0.692. The highest BCUT2D eigenvalue weighted by molar-refractivity contribution is 4.84. The molecule has 0 aromatic heterocycles. The van der Waals surface area contributed by atoms with Crippen molar-refractivity contribution in [1.29, 1.82) is 0 Å². The first-order chi connectivity index (χ1) is 6.27. The van der Waals surface area contributed by atoms with Crippen LogP contribution in [0.4, 0.5) is 0 Å². The summed E-state index contributed by atoms with van der Waals surface area (Å²) in [5.41, 5.74) is 5.94. The van der Waals surface area contributed by atoms with E-state index in [2.05, 4.69) is 11.9 Å². The zero-order chi connectivity index (χ0) is 9.26. The first kappa shape index (κ1) is 9.44. The molecule has 1 saturated heterocycles. The molecule has 0 aromatic carbocycles. The summed E-state index contributed by atoms with van der Waals surface area (Å²) >= 11 is 0. The highest BCUT2D eigenvalue weighted by Gasteiger charge is 2.29. The molecule has 0 radical (unpaired) electrons. The molecule has 76 valence electrons. The van der Waals surface area contributed by atoms with Crippen LogP contribution >= 0.6 is 0 Å². The molecule has 3 heteroatoms. The van der Waals surface area contributed by atoms with Crippen molar-refractivity contribution < 1.29 is 4.74 Å². The molecule has 2 fully saturated rings. The molecule has 0 bridgehead atoms. The number of hydrogen-bond donors (Lipinski definition) is 1. The molecule has 1 aliphatic carbocycles. The number of rotatable bonds is 3. The van der Waals surface area contributed by atoms with Gasteiger partial charge in [-0.2, -0.15) is 0 Å². The van der Waals surface area contributed by atoms with Crippen molar-refractivity contribution in [1.82, 2.24) is 4.90 Å². The van der Waals surface area contributed by atoms with E-state index in [4.69, 9.17) is 10.5 Å². The minimum Gasteiger partial charge on any atom is -0.379 e. The summed E-state index contributed by atoms with van der Waals surface area (Å²) < 4.78 is 5.35. The maximum Gasteiger partial charge on any atom is 0.0621 e. The van der Waals surface area contributed by atoms with E-state index < -0.39 is 0 Å². The maximum absolute atomic E-state index is 5.94. The van der Waals surface area contributed by atoms with Gasteiger partial charge >= 0.3 is 0 Å². The first-order valence-corrected chi connectivity index (χ1v) is 5.31. The van der Waals surface area contributed by atoms with E-state index in [1.165, 1.54) is 19.3 Å². The van der Waals surface area contributed by atoms with E-state index in [1.807, 2.05) is 0 Å². The molecular formula is C10H20N2O.